The van der Waals surface area contributed by atoms with Crippen LogP contribution in [0, 0.1) is 0 Å². The first kappa shape index (κ1) is 19.1. The summed E-state index contributed by atoms with van der Waals surface area (Å²) in [5.74, 6) is -0.145. The van der Waals surface area contributed by atoms with Crippen molar-refractivity contribution in [3.8, 4) is 0 Å². The molecule has 2 heterocycles. The number of fused-ring (bicyclic) bond motifs is 3. The highest BCUT2D eigenvalue weighted by Gasteiger charge is 2.22. The van der Waals surface area contributed by atoms with E-state index in [1.165, 1.54) is 11.8 Å². The number of carbonyl (C=O) groups excluding carboxylic acids is 1. The summed E-state index contributed by atoms with van der Waals surface area (Å²) in [5, 5.41) is 13.8. The van der Waals surface area contributed by atoms with Crippen LogP contribution < -0.4 is 5.32 Å². The Balaban J connectivity index is 1.63. The van der Waals surface area contributed by atoms with E-state index in [0.717, 1.165) is 16.6 Å². The van der Waals surface area contributed by atoms with Crippen molar-refractivity contribution >= 4 is 63.1 Å². The van der Waals surface area contributed by atoms with Crippen LogP contribution in [0.5, 0.6) is 0 Å². The monoisotopic (exact) mass is 430 g/mol. The number of halogens is 2. The predicted octanol–water partition coefficient (Wildman–Crippen LogP) is 5.70. The number of carbonyl (C=O) groups is 1. The molecule has 0 bridgehead atoms. The second-order valence-electron chi connectivity index (χ2n) is 6.20. The number of pyridine rings is 1. The Hall–Kier alpha value is -2.28. The van der Waals surface area contributed by atoms with E-state index in [4.69, 9.17) is 23.2 Å². The smallest absolute Gasteiger partial charge is 0.238 e. The van der Waals surface area contributed by atoms with Crippen molar-refractivity contribution in [3.63, 3.8) is 0 Å². The molecule has 5 nitrogen and oxygen atoms in total. The minimum Gasteiger partial charge on any atom is -0.324 e. The van der Waals surface area contributed by atoms with Gasteiger partial charge in [0.25, 0.3) is 0 Å². The van der Waals surface area contributed by atoms with Gasteiger partial charge in [-0.15, -0.1) is 10.2 Å². The second kappa shape index (κ2) is 7.99. The fraction of sp³-hybridized carbons (Fsp3) is 0.150. The molecule has 28 heavy (non-hydrogen) atoms. The summed E-state index contributed by atoms with van der Waals surface area (Å²) in [6, 6.07) is 16.9. The van der Waals surface area contributed by atoms with E-state index in [0.29, 0.717) is 27.3 Å². The molecule has 8 heteroatoms. The van der Waals surface area contributed by atoms with Gasteiger partial charge in [-0.3, -0.25) is 9.20 Å². The third kappa shape index (κ3) is 3.68. The molecule has 1 unspecified atom stereocenters. The van der Waals surface area contributed by atoms with Crippen molar-refractivity contribution in [1.29, 1.82) is 0 Å². The van der Waals surface area contributed by atoms with Gasteiger partial charge in [-0.2, -0.15) is 0 Å². The van der Waals surface area contributed by atoms with Crippen LogP contribution in [0.2, 0.25) is 10.0 Å². The van der Waals surface area contributed by atoms with Gasteiger partial charge in [-0.25, -0.2) is 0 Å². The molecule has 2 aromatic carbocycles. The third-order valence-electron chi connectivity index (χ3n) is 4.35. The van der Waals surface area contributed by atoms with Gasteiger partial charge < -0.3 is 5.32 Å². The maximum atomic E-state index is 12.8. The van der Waals surface area contributed by atoms with E-state index in [9.17, 15) is 4.79 Å². The molecule has 0 fully saturated rings. The van der Waals surface area contributed by atoms with Gasteiger partial charge in [0, 0.05) is 5.02 Å². The van der Waals surface area contributed by atoms with Gasteiger partial charge in [-0.1, -0.05) is 60.1 Å². The van der Waals surface area contributed by atoms with Crippen LogP contribution in [0.25, 0.3) is 16.6 Å². The van der Waals surface area contributed by atoms with E-state index in [1.807, 2.05) is 47.7 Å². The molecule has 4 rings (SSSR count). The Morgan fingerprint density at radius 3 is 2.75 bits per heavy atom. The lowest BCUT2D eigenvalue weighted by Crippen LogP contribution is -2.25. The Kier molecular flexibility index (Phi) is 5.44. The summed E-state index contributed by atoms with van der Waals surface area (Å²) in [6.45, 7) is 1.96. The van der Waals surface area contributed by atoms with Gasteiger partial charge in [0.05, 0.1) is 21.5 Å². The molecule has 4 aromatic rings. The summed E-state index contributed by atoms with van der Waals surface area (Å²) < 4.78 is 1.98. The lowest BCUT2D eigenvalue weighted by molar-refractivity contribution is -0.115. The number of nitrogens with zero attached hydrogens (tertiary/aromatic N) is 3. The molecule has 0 aliphatic heterocycles. The van der Waals surface area contributed by atoms with Crippen LogP contribution >= 0.6 is 35.0 Å². The number of para-hydroxylation sites is 1. The summed E-state index contributed by atoms with van der Waals surface area (Å²) in [4.78, 5) is 12.8. The average molecular weight is 431 g/mol. The first-order valence-corrected chi connectivity index (χ1v) is 10.4. The van der Waals surface area contributed by atoms with E-state index < -0.39 is 0 Å². The van der Waals surface area contributed by atoms with Crippen LogP contribution in [0.3, 0.4) is 0 Å². The standard InChI is InChI=1S/C20H16Cl2N4OS/c1-2-17(19(27)23-15-9-8-13(21)11-14(15)22)28-20-25-24-18-10-7-12-5-3-4-6-16(12)26(18)20/h3-11,17H,2H2,1H3,(H,23,27). The molecule has 0 saturated heterocycles. The van der Waals surface area contributed by atoms with Crippen molar-refractivity contribution in [1.82, 2.24) is 14.6 Å². The number of hydrogen-bond donors (Lipinski definition) is 1. The number of anilines is 1. The maximum Gasteiger partial charge on any atom is 0.238 e. The first-order chi connectivity index (χ1) is 13.6. The largest absolute Gasteiger partial charge is 0.324 e. The van der Waals surface area contributed by atoms with Gasteiger partial charge in [0.15, 0.2) is 10.8 Å². The van der Waals surface area contributed by atoms with Crippen molar-refractivity contribution < 1.29 is 4.79 Å². The molecule has 142 valence electrons. The molecule has 0 saturated carbocycles. The highest BCUT2D eigenvalue weighted by Crippen LogP contribution is 2.30. The number of thioether (sulfide) groups is 1. The number of amides is 1. The molecular formula is C20H16Cl2N4OS. The third-order valence-corrected chi connectivity index (χ3v) is 6.20. The first-order valence-electron chi connectivity index (χ1n) is 8.72. The lowest BCUT2D eigenvalue weighted by Gasteiger charge is -2.15. The average Bonchev–Trinajstić information content (AvgIpc) is 3.11. The molecule has 1 amide bonds. The molecule has 0 radical (unpaired) electrons. The van der Waals surface area contributed by atoms with Crippen molar-refractivity contribution in [3.05, 3.63) is 64.6 Å². The second-order valence-corrected chi connectivity index (χ2v) is 8.21. The molecule has 0 aliphatic carbocycles. The zero-order chi connectivity index (χ0) is 19.7. The Bertz CT molecular complexity index is 1180. The van der Waals surface area contributed by atoms with Gasteiger partial charge in [0.2, 0.25) is 5.91 Å². The minimum atomic E-state index is -0.349. The molecule has 2 aromatic heterocycles. The number of hydrogen-bond acceptors (Lipinski definition) is 4. The molecule has 1 N–H and O–H groups in total. The van der Waals surface area contributed by atoms with Crippen molar-refractivity contribution in [2.75, 3.05) is 5.32 Å². The normalized spacial score (nSPS) is 12.4. The zero-order valence-corrected chi connectivity index (χ0v) is 17.2. The summed E-state index contributed by atoms with van der Waals surface area (Å²) >= 11 is 13.5. The quantitative estimate of drug-likeness (QED) is 0.412. The summed E-state index contributed by atoms with van der Waals surface area (Å²) in [6.07, 6.45) is 0.626. The Morgan fingerprint density at radius 1 is 1.14 bits per heavy atom. The van der Waals surface area contributed by atoms with E-state index in [-0.39, 0.29) is 11.2 Å². The van der Waals surface area contributed by atoms with Crippen LogP contribution in [0.4, 0.5) is 5.69 Å². The van der Waals surface area contributed by atoms with Crippen molar-refractivity contribution in [2.45, 2.75) is 23.8 Å². The van der Waals surface area contributed by atoms with Crippen LogP contribution in [-0.2, 0) is 4.79 Å². The molecular weight excluding hydrogens is 415 g/mol. The van der Waals surface area contributed by atoms with Gasteiger partial charge in [-0.05, 0) is 48.2 Å². The summed E-state index contributed by atoms with van der Waals surface area (Å²) in [5.41, 5.74) is 2.28. The van der Waals surface area contributed by atoms with Gasteiger partial charge in [0.1, 0.15) is 0 Å². The number of aromatic nitrogens is 3. The Labute approximate surface area is 176 Å². The minimum absolute atomic E-state index is 0.145. The van der Waals surface area contributed by atoms with E-state index >= 15 is 0 Å². The van der Waals surface area contributed by atoms with Crippen LogP contribution in [0.15, 0.2) is 59.8 Å². The van der Waals surface area contributed by atoms with Gasteiger partial charge >= 0.3 is 0 Å². The maximum absolute atomic E-state index is 12.8. The lowest BCUT2D eigenvalue weighted by atomic mass is 10.2. The van der Waals surface area contributed by atoms with E-state index in [2.05, 4.69) is 15.5 Å². The highest BCUT2D eigenvalue weighted by molar-refractivity contribution is 8.00. The van der Waals surface area contributed by atoms with Crippen LogP contribution in [-0.4, -0.2) is 25.8 Å². The molecule has 0 spiro atoms. The fourth-order valence-corrected chi connectivity index (χ4v) is 4.37. The Morgan fingerprint density at radius 2 is 1.96 bits per heavy atom. The fourth-order valence-electron chi connectivity index (χ4n) is 2.94. The van der Waals surface area contributed by atoms with E-state index in [1.54, 1.807) is 18.2 Å². The molecule has 0 aliphatic rings. The molecule has 1 atom stereocenters. The van der Waals surface area contributed by atoms with Crippen LogP contribution in [0.1, 0.15) is 13.3 Å². The topological polar surface area (TPSA) is 59.3 Å². The SMILES string of the molecule is CCC(Sc1nnc2ccc3ccccc3n12)C(=O)Nc1ccc(Cl)cc1Cl. The summed E-state index contributed by atoms with van der Waals surface area (Å²) in [7, 11) is 0. The zero-order valence-electron chi connectivity index (χ0n) is 14.9. The highest BCUT2D eigenvalue weighted by atomic mass is 35.5. The number of rotatable bonds is 5. The number of nitrogens with one attached hydrogen (secondary N) is 1. The number of benzene rings is 2. The predicted molar refractivity (Wildman–Crippen MR) is 116 cm³/mol. The van der Waals surface area contributed by atoms with Crippen molar-refractivity contribution in [2.24, 2.45) is 0 Å².